The normalized spacial score (nSPS) is 37.6. The summed E-state index contributed by atoms with van der Waals surface area (Å²) in [6, 6.07) is 5.13. The summed E-state index contributed by atoms with van der Waals surface area (Å²) < 4.78 is 34.1. The summed E-state index contributed by atoms with van der Waals surface area (Å²) in [6.45, 7) is 14.7. The number of cyclic esters (lactones) is 1. The van der Waals surface area contributed by atoms with Crippen molar-refractivity contribution in [3.63, 3.8) is 0 Å². The number of amides is 1. The van der Waals surface area contributed by atoms with Gasteiger partial charge in [0.25, 0.3) is 0 Å². The van der Waals surface area contributed by atoms with Crippen molar-refractivity contribution < 1.29 is 53.1 Å². The third kappa shape index (κ3) is 10.7. The highest BCUT2D eigenvalue weighted by Gasteiger charge is 2.53. The monoisotopic (exact) mass is 840 g/mol. The second kappa shape index (κ2) is 19.8. The number of Topliss-reactive ketones (excluding diaryl/α,β-unsaturated/α-hetero) is 1. The lowest BCUT2D eigenvalue weighted by atomic mass is 9.73. The van der Waals surface area contributed by atoms with Gasteiger partial charge < -0.3 is 43.6 Å². The molecule has 2 aromatic rings. The van der Waals surface area contributed by atoms with Crippen LogP contribution >= 0.6 is 0 Å². The maximum Gasteiger partial charge on any atom is 0.316 e. The Morgan fingerprint density at radius 3 is 2.45 bits per heavy atom. The lowest BCUT2D eigenvalue weighted by Gasteiger charge is -2.47. The Morgan fingerprint density at radius 2 is 1.83 bits per heavy atom. The molecule has 1 amide bonds. The van der Waals surface area contributed by atoms with Crippen LogP contribution in [0.5, 0.6) is 0 Å². The minimum absolute atomic E-state index is 0.0440. The number of nitrogens with zero attached hydrogens (tertiary/aromatic N) is 6. The van der Waals surface area contributed by atoms with Crippen LogP contribution in [-0.2, 0) is 49.5 Å². The van der Waals surface area contributed by atoms with E-state index in [2.05, 4.69) is 20.2 Å². The quantitative estimate of drug-likeness (QED) is 0.221. The first-order valence-corrected chi connectivity index (χ1v) is 20.9. The number of oxime groups is 1. The number of fused-ring (bicyclic) bond motifs is 5. The first kappa shape index (κ1) is 47.1. The summed E-state index contributed by atoms with van der Waals surface area (Å²) >= 11 is 0. The van der Waals surface area contributed by atoms with Gasteiger partial charge in [0.15, 0.2) is 17.9 Å². The smallest absolute Gasteiger partial charge is 0.316 e. The summed E-state index contributed by atoms with van der Waals surface area (Å²) in [5.41, 5.74) is -1.84. The number of aliphatic hydroxyl groups is 2. The molecule has 0 aliphatic carbocycles. The van der Waals surface area contributed by atoms with Crippen molar-refractivity contribution in [2.24, 2.45) is 33.8 Å². The molecule has 2 bridgehead atoms. The van der Waals surface area contributed by atoms with Crippen LogP contribution in [0.1, 0.15) is 87.1 Å². The summed E-state index contributed by atoms with van der Waals surface area (Å²) in [6.07, 6.45) is -0.0360. The van der Waals surface area contributed by atoms with E-state index in [0.717, 1.165) is 5.56 Å². The Bertz CT molecular complexity index is 1840. The SMILES string of the molecule is CC[C@H]1OC(=O)[C@H](C)C(=O)[C@H](C)[C@@H](O[C@@H]2O[C@H](C)C[C@H](N(C)C)[C@H]2O)[C@@]2(C)C[C@@H](C)/C(=N\C(C)=O)[C@H](C)[C@@H](OCC(=NOCc3ccc(-n4cccn4)nc3)CO2)[C@]1(C)O. The molecule has 3 aliphatic rings. The number of carbonyl (C=O) groups is 3. The molecule has 0 saturated carbocycles. The van der Waals surface area contributed by atoms with Crippen LogP contribution in [0.4, 0.5) is 0 Å². The van der Waals surface area contributed by atoms with E-state index >= 15 is 0 Å². The molecule has 3 saturated heterocycles. The van der Waals surface area contributed by atoms with E-state index in [4.69, 9.17) is 28.5 Å². The number of pyridine rings is 1. The van der Waals surface area contributed by atoms with Gasteiger partial charge in [-0.05, 0) is 79.1 Å². The number of ether oxygens (including phenoxy) is 5. The number of hydrogen-bond donors (Lipinski definition) is 2. The molecule has 5 rings (SSSR count). The number of aromatic nitrogens is 3. The zero-order valence-corrected chi connectivity index (χ0v) is 36.8. The van der Waals surface area contributed by atoms with E-state index in [9.17, 15) is 24.6 Å². The zero-order chi connectivity index (χ0) is 44.1. The Balaban J connectivity index is 1.63. The fourth-order valence-corrected chi connectivity index (χ4v) is 8.85. The second-order valence-electron chi connectivity index (χ2n) is 17.3. The minimum atomic E-state index is -1.86. The van der Waals surface area contributed by atoms with Gasteiger partial charge in [0.2, 0.25) is 5.91 Å². The average molecular weight is 841 g/mol. The van der Waals surface area contributed by atoms with E-state index in [1.807, 2.05) is 38.9 Å². The molecule has 3 fully saturated rings. The lowest BCUT2D eigenvalue weighted by Crippen LogP contribution is -2.60. The van der Waals surface area contributed by atoms with Crippen molar-refractivity contribution in [2.45, 2.75) is 142 Å². The van der Waals surface area contributed by atoms with Crippen molar-refractivity contribution in [1.29, 1.82) is 0 Å². The maximum atomic E-state index is 14.5. The number of likely N-dealkylation sites (N-methyl/N-ethyl adjacent to an activating group) is 1. The van der Waals surface area contributed by atoms with Gasteiger partial charge in [-0.3, -0.25) is 14.4 Å². The zero-order valence-electron chi connectivity index (χ0n) is 36.8. The van der Waals surface area contributed by atoms with Crippen molar-refractivity contribution in [3.05, 3.63) is 42.4 Å². The van der Waals surface area contributed by atoms with Crippen LogP contribution in [0.3, 0.4) is 0 Å². The molecule has 5 heterocycles. The van der Waals surface area contributed by atoms with Crippen LogP contribution in [0.15, 0.2) is 46.9 Å². The van der Waals surface area contributed by atoms with Gasteiger partial charge in [-0.2, -0.15) is 5.10 Å². The molecule has 13 atom stereocenters. The van der Waals surface area contributed by atoms with Gasteiger partial charge in [0.1, 0.15) is 36.0 Å². The number of aliphatic imine (C=N–C) groups is 1. The van der Waals surface area contributed by atoms with E-state index in [-0.39, 0.29) is 50.5 Å². The number of hydrogen-bond acceptors (Lipinski definition) is 15. The standard InChI is InChI=1S/C43H64N6O11/c1-12-33-43(9,54)39-26(4)35(46-29(7)50)24(2)19-42(8,56-23-31(22-55-39)47-57-21-30-14-15-34(44-20-30)49-17-13-16-45-49)38(27(5)36(51)28(6)40(53)59-33)60-41-37(52)32(48(10)11)18-25(3)58-41/h13-17,20,24-28,32-33,37-39,41,52,54H,12,18-19,21-23H2,1-11H3/b46-35+,47-31?/t24-,25-,26+,27+,28-,32+,33-,37-,38-,39-,41+,42-,43-/m1/s1. The third-order valence-electron chi connectivity index (χ3n) is 12.1. The summed E-state index contributed by atoms with van der Waals surface area (Å²) in [5.74, 6) is -4.71. The number of carbonyl (C=O) groups excluding carboxylic acids is 3. The van der Waals surface area contributed by atoms with Gasteiger partial charge >= 0.3 is 5.97 Å². The van der Waals surface area contributed by atoms with Crippen LogP contribution < -0.4 is 0 Å². The average Bonchev–Trinajstić information content (AvgIpc) is 3.74. The van der Waals surface area contributed by atoms with Crippen LogP contribution in [0, 0.1) is 23.7 Å². The first-order valence-electron chi connectivity index (χ1n) is 20.9. The van der Waals surface area contributed by atoms with Gasteiger partial charge in [-0.15, -0.1) is 0 Å². The molecule has 60 heavy (non-hydrogen) atoms. The summed E-state index contributed by atoms with van der Waals surface area (Å²) in [4.78, 5) is 58.0. The summed E-state index contributed by atoms with van der Waals surface area (Å²) in [7, 11) is 3.73. The number of esters is 1. The predicted molar refractivity (Wildman–Crippen MR) is 220 cm³/mol. The van der Waals surface area contributed by atoms with Gasteiger partial charge in [0.05, 0.1) is 37.1 Å². The molecule has 0 unspecified atom stereocenters. The van der Waals surface area contributed by atoms with Gasteiger partial charge in [-0.1, -0.05) is 38.9 Å². The van der Waals surface area contributed by atoms with Crippen LogP contribution in [0.2, 0.25) is 0 Å². The Kier molecular flexibility index (Phi) is 15.6. The highest BCUT2D eigenvalue weighted by Crippen LogP contribution is 2.40. The van der Waals surface area contributed by atoms with Crippen molar-refractivity contribution in [3.8, 4) is 5.82 Å². The number of aliphatic hydroxyl groups excluding tert-OH is 1. The van der Waals surface area contributed by atoms with Crippen molar-refractivity contribution in [1.82, 2.24) is 19.7 Å². The fraction of sp³-hybridized carbons (Fsp3) is 0.698. The Labute approximate surface area is 352 Å². The molecular formula is C43H64N6O11. The molecule has 2 N–H and O–H groups in total. The molecule has 17 nitrogen and oxygen atoms in total. The van der Waals surface area contributed by atoms with Gasteiger partial charge in [-0.25, -0.2) is 14.7 Å². The van der Waals surface area contributed by atoms with Crippen molar-refractivity contribution in [2.75, 3.05) is 27.3 Å². The Morgan fingerprint density at radius 1 is 1.10 bits per heavy atom. The molecule has 3 aliphatic heterocycles. The Hall–Kier alpha value is -3.97. The molecule has 17 heteroatoms. The number of ketones is 1. The second-order valence-corrected chi connectivity index (χ2v) is 17.3. The maximum absolute atomic E-state index is 14.5. The fourth-order valence-electron chi connectivity index (χ4n) is 8.85. The van der Waals surface area contributed by atoms with Crippen molar-refractivity contribution >= 4 is 29.1 Å². The van der Waals surface area contributed by atoms with E-state index in [1.54, 1.807) is 63.1 Å². The van der Waals surface area contributed by atoms with E-state index < -0.39 is 83.2 Å². The summed E-state index contributed by atoms with van der Waals surface area (Å²) in [5, 5.41) is 32.8. The highest BCUT2D eigenvalue weighted by atomic mass is 16.7. The number of rotatable bonds is 8. The highest BCUT2D eigenvalue weighted by molar-refractivity contribution is 6.00. The van der Waals surface area contributed by atoms with Gasteiger partial charge in [0, 0.05) is 54.7 Å². The van der Waals surface area contributed by atoms with E-state index in [1.165, 1.54) is 20.8 Å². The topological polar surface area (TPSA) is 206 Å². The molecule has 2 aromatic heterocycles. The molecule has 0 radical (unpaired) electrons. The molecule has 0 spiro atoms. The largest absolute Gasteiger partial charge is 0.459 e. The van der Waals surface area contributed by atoms with Crippen LogP contribution in [0.25, 0.3) is 5.82 Å². The predicted octanol–water partition coefficient (Wildman–Crippen LogP) is 3.70. The molecule has 332 valence electrons. The molecular weight excluding hydrogens is 777 g/mol. The molecule has 0 aromatic carbocycles. The third-order valence-corrected chi connectivity index (χ3v) is 12.1. The first-order chi connectivity index (χ1) is 28.3. The minimum Gasteiger partial charge on any atom is -0.459 e. The lowest BCUT2D eigenvalue weighted by molar-refractivity contribution is -0.296. The van der Waals surface area contributed by atoms with Crippen LogP contribution in [-0.4, -0.2) is 140 Å². The van der Waals surface area contributed by atoms with E-state index in [0.29, 0.717) is 18.0 Å².